The van der Waals surface area contributed by atoms with Gasteiger partial charge in [0.2, 0.25) is 0 Å². The molecule has 1 N–H and O–H groups in total. The van der Waals surface area contributed by atoms with Gasteiger partial charge in [-0.3, -0.25) is 4.79 Å². The number of ether oxygens (including phenoxy) is 1. The summed E-state index contributed by atoms with van der Waals surface area (Å²) < 4.78 is 5.28. The van der Waals surface area contributed by atoms with Crippen LogP contribution in [0.4, 0.5) is 5.69 Å². The Balaban J connectivity index is 2.04. The Bertz CT molecular complexity index is 537. The normalized spacial score (nSPS) is 13.9. The van der Waals surface area contributed by atoms with Crippen LogP contribution in [0.15, 0.2) is 29.8 Å². The zero-order valence-corrected chi connectivity index (χ0v) is 9.08. The van der Waals surface area contributed by atoms with Gasteiger partial charge in [-0.2, -0.15) is 0 Å². The highest BCUT2D eigenvalue weighted by Crippen LogP contribution is 2.33. The number of carbonyl (C=O) groups excluding carboxylic acids is 1. The number of anilines is 1. The van der Waals surface area contributed by atoms with Crippen molar-refractivity contribution in [3.05, 3.63) is 29.8 Å². The Kier molecular flexibility index (Phi) is 2.11. The third-order valence-corrected chi connectivity index (χ3v) is 3.11. The monoisotopic (exact) mass is 232 g/mol. The molecule has 1 amide bonds. The molecule has 0 radical (unpaired) electrons. The number of amides is 1. The van der Waals surface area contributed by atoms with Crippen molar-refractivity contribution in [3.8, 4) is 16.3 Å². The molecule has 0 unspecified atom stereocenters. The lowest BCUT2D eigenvalue weighted by Crippen LogP contribution is -2.25. The van der Waals surface area contributed by atoms with Crippen LogP contribution in [0.25, 0.3) is 10.6 Å². The van der Waals surface area contributed by atoms with E-state index in [0.717, 1.165) is 10.6 Å². The molecule has 1 aliphatic rings. The molecule has 0 bridgehead atoms. The average molecular weight is 232 g/mol. The van der Waals surface area contributed by atoms with Gasteiger partial charge in [0.1, 0.15) is 10.8 Å². The molecule has 0 spiro atoms. The zero-order valence-electron chi connectivity index (χ0n) is 8.27. The Hall–Kier alpha value is -1.88. The number of nitrogens with zero attached hydrogens (tertiary/aromatic N) is 1. The molecule has 0 saturated heterocycles. The van der Waals surface area contributed by atoms with Crippen molar-refractivity contribution in [2.75, 3.05) is 11.9 Å². The van der Waals surface area contributed by atoms with Crippen molar-refractivity contribution in [1.82, 2.24) is 4.98 Å². The van der Waals surface area contributed by atoms with Gasteiger partial charge in [-0.25, -0.2) is 4.98 Å². The Morgan fingerprint density at radius 1 is 1.44 bits per heavy atom. The second-order valence-corrected chi connectivity index (χ2v) is 4.28. The van der Waals surface area contributed by atoms with Gasteiger partial charge in [0, 0.05) is 17.1 Å². The molecule has 2 heterocycles. The summed E-state index contributed by atoms with van der Waals surface area (Å²) in [5.41, 5.74) is 1.70. The van der Waals surface area contributed by atoms with Crippen LogP contribution in [-0.4, -0.2) is 17.5 Å². The topological polar surface area (TPSA) is 51.2 Å². The van der Waals surface area contributed by atoms with Gasteiger partial charge >= 0.3 is 0 Å². The average Bonchev–Trinajstić information content (AvgIpc) is 2.81. The van der Waals surface area contributed by atoms with E-state index in [9.17, 15) is 4.79 Å². The summed E-state index contributed by atoms with van der Waals surface area (Å²) in [4.78, 5) is 15.4. The van der Waals surface area contributed by atoms with Crippen LogP contribution in [0.2, 0.25) is 0 Å². The molecule has 16 heavy (non-hydrogen) atoms. The van der Waals surface area contributed by atoms with E-state index in [1.807, 2.05) is 23.6 Å². The van der Waals surface area contributed by atoms with Crippen molar-refractivity contribution < 1.29 is 9.53 Å². The molecule has 1 aromatic heterocycles. The van der Waals surface area contributed by atoms with Crippen LogP contribution >= 0.6 is 11.3 Å². The summed E-state index contributed by atoms with van der Waals surface area (Å²) in [6.45, 7) is 0.0869. The fraction of sp³-hybridized carbons (Fsp3) is 0.0909. The fourth-order valence-electron chi connectivity index (χ4n) is 1.58. The maximum atomic E-state index is 11.2. The second-order valence-electron chi connectivity index (χ2n) is 3.39. The molecule has 80 valence electrons. The lowest BCUT2D eigenvalue weighted by atomic mass is 10.2. The first-order valence-electron chi connectivity index (χ1n) is 4.79. The summed E-state index contributed by atoms with van der Waals surface area (Å²) in [6.07, 6.45) is 1.76. The Morgan fingerprint density at radius 3 is 3.19 bits per heavy atom. The summed E-state index contributed by atoms with van der Waals surface area (Å²) in [7, 11) is 0. The van der Waals surface area contributed by atoms with Gasteiger partial charge in [-0.15, -0.1) is 11.3 Å². The SMILES string of the molecule is O=C1COc2ccc(-c3nccs3)cc2N1. The minimum Gasteiger partial charge on any atom is -0.482 e. The molecule has 0 aliphatic carbocycles. The second kappa shape index (κ2) is 3.61. The molecule has 0 saturated carbocycles. The van der Waals surface area contributed by atoms with Crippen LogP contribution < -0.4 is 10.1 Å². The smallest absolute Gasteiger partial charge is 0.262 e. The molecular weight excluding hydrogens is 224 g/mol. The van der Waals surface area contributed by atoms with Crippen molar-refractivity contribution in [3.63, 3.8) is 0 Å². The lowest BCUT2D eigenvalue weighted by molar-refractivity contribution is -0.118. The minimum absolute atomic E-state index is 0.0869. The maximum absolute atomic E-state index is 11.2. The fourth-order valence-corrected chi connectivity index (χ4v) is 2.22. The molecule has 3 rings (SSSR count). The number of hydrogen-bond donors (Lipinski definition) is 1. The van der Waals surface area contributed by atoms with Crippen molar-refractivity contribution in [2.24, 2.45) is 0 Å². The van der Waals surface area contributed by atoms with E-state index in [-0.39, 0.29) is 12.5 Å². The lowest BCUT2D eigenvalue weighted by Gasteiger charge is -2.18. The van der Waals surface area contributed by atoms with Gasteiger partial charge in [0.25, 0.3) is 5.91 Å². The van der Waals surface area contributed by atoms with Gasteiger partial charge < -0.3 is 10.1 Å². The van der Waals surface area contributed by atoms with Crippen molar-refractivity contribution >= 4 is 22.9 Å². The van der Waals surface area contributed by atoms with Crippen LogP contribution in [0.3, 0.4) is 0 Å². The van der Waals surface area contributed by atoms with E-state index in [1.54, 1.807) is 17.5 Å². The number of aromatic nitrogens is 1. The number of rotatable bonds is 1. The van der Waals surface area contributed by atoms with Gasteiger partial charge in [0.05, 0.1) is 5.69 Å². The van der Waals surface area contributed by atoms with E-state index in [0.29, 0.717) is 11.4 Å². The highest BCUT2D eigenvalue weighted by atomic mass is 32.1. The molecule has 1 aliphatic heterocycles. The standard InChI is InChI=1S/C11H8N2O2S/c14-10-6-15-9-2-1-7(5-8(9)13-10)11-12-3-4-16-11/h1-5H,6H2,(H,13,14). The number of benzene rings is 1. The summed E-state index contributed by atoms with van der Waals surface area (Å²) >= 11 is 1.56. The van der Waals surface area contributed by atoms with E-state index < -0.39 is 0 Å². The maximum Gasteiger partial charge on any atom is 0.262 e. The molecule has 5 heteroatoms. The molecule has 4 nitrogen and oxygen atoms in total. The van der Waals surface area contributed by atoms with Gasteiger partial charge in [-0.1, -0.05) is 0 Å². The zero-order chi connectivity index (χ0) is 11.0. The highest BCUT2D eigenvalue weighted by molar-refractivity contribution is 7.13. The molecule has 1 aromatic carbocycles. The first-order valence-corrected chi connectivity index (χ1v) is 5.67. The van der Waals surface area contributed by atoms with Crippen LogP contribution in [-0.2, 0) is 4.79 Å². The third-order valence-electron chi connectivity index (χ3n) is 2.29. The van der Waals surface area contributed by atoms with E-state index >= 15 is 0 Å². The van der Waals surface area contributed by atoms with Crippen LogP contribution in [0, 0.1) is 0 Å². The van der Waals surface area contributed by atoms with Crippen LogP contribution in [0.1, 0.15) is 0 Å². The molecule has 2 aromatic rings. The third kappa shape index (κ3) is 1.55. The quantitative estimate of drug-likeness (QED) is 0.819. The number of carbonyl (C=O) groups is 1. The predicted molar refractivity (Wildman–Crippen MR) is 61.7 cm³/mol. The number of nitrogens with one attached hydrogen (secondary N) is 1. The Morgan fingerprint density at radius 2 is 2.38 bits per heavy atom. The summed E-state index contributed by atoms with van der Waals surface area (Å²) in [5.74, 6) is 0.587. The molecular formula is C11H8N2O2S. The van der Waals surface area contributed by atoms with Crippen LogP contribution in [0.5, 0.6) is 5.75 Å². The predicted octanol–water partition coefficient (Wildman–Crippen LogP) is 2.14. The first kappa shape index (κ1) is 9.35. The number of thiazole rings is 1. The van der Waals surface area contributed by atoms with E-state index in [1.165, 1.54) is 0 Å². The summed E-state index contributed by atoms with van der Waals surface area (Å²) in [5, 5.41) is 5.63. The van der Waals surface area contributed by atoms with Crippen molar-refractivity contribution in [2.45, 2.75) is 0 Å². The minimum atomic E-state index is -0.121. The largest absolute Gasteiger partial charge is 0.482 e. The summed E-state index contributed by atoms with van der Waals surface area (Å²) in [6, 6.07) is 5.67. The van der Waals surface area contributed by atoms with Crippen molar-refractivity contribution in [1.29, 1.82) is 0 Å². The number of fused-ring (bicyclic) bond motifs is 1. The van der Waals surface area contributed by atoms with Gasteiger partial charge in [0.15, 0.2) is 6.61 Å². The highest BCUT2D eigenvalue weighted by Gasteiger charge is 2.16. The van der Waals surface area contributed by atoms with E-state index in [2.05, 4.69) is 10.3 Å². The number of hydrogen-bond acceptors (Lipinski definition) is 4. The van der Waals surface area contributed by atoms with Gasteiger partial charge in [-0.05, 0) is 18.2 Å². The van der Waals surface area contributed by atoms with E-state index in [4.69, 9.17) is 4.74 Å². The molecule has 0 fully saturated rings. The Labute approximate surface area is 95.9 Å². The molecule has 0 atom stereocenters. The first-order chi connectivity index (χ1) is 7.83.